The second kappa shape index (κ2) is 5.25. The van der Waals surface area contributed by atoms with Crippen LogP contribution >= 0.6 is 0 Å². The fraction of sp³-hybridized carbons (Fsp3) is 0.467. The summed E-state index contributed by atoms with van der Waals surface area (Å²) < 4.78 is 10.4. The lowest BCUT2D eigenvalue weighted by molar-refractivity contribution is -0.168. The highest BCUT2D eigenvalue weighted by molar-refractivity contribution is 6.01. The van der Waals surface area contributed by atoms with Gasteiger partial charge in [0, 0.05) is 7.11 Å². The molecule has 0 bridgehead atoms. The first-order valence-electron chi connectivity index (χ1n) is 6.49. The van der Waals surface area contributed by atoms with Crippen LogP contribution in [0, 0.1) is 0 Å². The molecule has 0 spiro atoms. The molecule has 0 aliphatic carbocycles. The van der Waals surface area contributed by atoms with E-state index in [2.05, 4.69) is 0 Å². The summed E-state index contributed by atoms with van der Waals surface area (Å²) in [6.07, 6.45) is -1.27. The van der Waals surface area contributed by atoms with Gasteiger partial charge in [0.2, 0.25) is 0 Å². The molecule has 20 heavy (non-hydrogen) atoms. The molecule has 5 heteroatoms. The Morgan fingerprint density at radius 2 is 1.80 bits per heavy atom. The summed E-state index contributed by atoms with van der Waals surface area (Å²) in [5.41, 5.74) is 0.210. The molecule has 2 amide bonds. The zero-order chi connectivity index (χ0) is 14.9. The fourth-order valence-electron chi connectivity index (χ4n) is 2.18. The largest absolute Gasteiger partial charge is 0.443 e. The maximum atomic E-state index is 12.1. The Hall–Kier alpha value is -1.88. The molecule has 0 radical (unpaired) electrons. The lowest BCUT2D eigenvalue weighted by Gasteiger charge is -2.44. The van der Waals surface area contributed by atoms with Crippen LogP contribution in [0.3, 0.4) is 0 Å². The molecule has 0 saturated carbocycles. The highest BCUT2D eigenvalue weighted by Crippen LogP contribution is 2.37. The molecule has 108 valence electrons. The Labute approximate surface area is 118 Å². The maximum Gasteiger partial charge on any atom is 0.417 e. The van der Waals surface area contributed by atoms with Crippen LogP contribution in [0.2, 0.25) is 0 Å². The van der Waals surface area contributed by atoms with Crippen LogP contribution < -0.4 is 0 Å². The van der Waals surface area contributed by atoms with Crippen LogP contribution in [0.15, 0.2) is 30.3 Å². The van der Waals surface area contributed by atoms with E-state index in [1.54, 1.807) is 20.8 Å². The number of carbonyl (C=O) groups is 2. The number of ether oxygens (including phenoxy) is 2. The highest BCUT2D eigenvalue weighted by atomic mass is 16.6. The number of likely N-dealkylation sites (tertiary alicyclic amines) is 1. The van der Waals surface area contributed by atoms with Crippen molar-refractivity contribution in [2.45, 2.75) is 38.5 Å². The van der Waals surface area contributed by atoms with Crippen LogP contribution in [0.1, 0.15) is 32.4 Å². The summed E-state index contributed by atoms with van der Waals surface area (Å²) in [5, 5.41) is 0. The van der Waals surface area contributed by atoms with Gasteiger partial charge >= 0.3 is 6.09 Å². The maximum absolute atomic E-state index is 12.1. The quantitative estimate of drug-likeness (QED) is 0.779. The summed E-state index contributed by atoms with van der Waals surface area (Å²) in [7, 11) is 1.46. The third kappa shape index (κ3) is 2.67. The minimum absolute atomic E-state index is 0.365. The van der Waals surface area contributed by atoms with E-state index in [9.17, 15) is 9.59 Å². The van der Waals surface area contributed by atoms with Crippen molar-refractivity contribution in [1.82, 2.24) is 4.90 Å². The monoisotopic (exact) mass is 277 g/mol. The van der Waals surface area contributed by atoms with E-state index in [1.807, 2.05) is 30.3 Å². The Balaban J connectivity index is 2.23. The smallest absolute Gasteiger partial charge is 0.417 e. The number of imide groups is 1. The van der Waals surface area contributed by atoms with Gasteiger partial charge in [0.15, 0.2) is 6.10 Å². The molecule has 0 unspecified atom stereocenters. The summed E-state index contributed by atoms with van der Waals surface area (Å²) >= 11 is 0. The van der Waals surface area contributed by atoms with Gasteiger partial charge < -0.3 is 9.47 Å². The molecule has 2 atom stereocenters. The van der Waals surface area contributed by atoms with Gasteiger partial charge in [0.25, 0.3) is 5.91 Å². The van der Waals surface area contributed by atoms with Crippen molar-refractivity contribution in [3.8, 4) is 0 Å². The van der Waals surface area contributed by atoms with Crippen molar-refractivity contribution >= 4 is 12.0 Å². The molecule has 0 aromatic heterocycles. The molecule has 1 aliphatic rings. The number of carbonyl (C=O) groups excluding carboxylic acids is 2. The van der Waals surface area contributed by atoms with Crippen molar-refractivity contribution in [1.29, 1.82) is 0 Å². The zero-order valence-electron chi connectivity index (χ0n) is 12.1. The minimum atomic E-state index is -0.642. The summed E-state index contributed by atoms with van der Waals surface area (Å²) in [4.78, 5) is 25.2. The summed E-state index contributed by atoms with van der Waals surface area (Å²) in [5.74, 6) is -0.365. The molecule has 1 aromatic carbocycles. The molecule has 1 heterocycles. The number of methoxy groups -OCH3 is 1. The zero-order valence-corrected chi connectivity index (χ0v) is 12.1. The Morgan fingerprint density at radius 1 is 1.20 bits per heavy atom. The van der Waals surface area contributed by atoms with Crippen LogP contribution in [-0.4, -0.2) is 35.7 Å². The van der Waals surface area contributed by atoms with Gasteiger partial charge in [-0.3, -0.25) is 4.79 Å². The van der Waals surface area contributed by atoms with Gasteiger partial charge in [0.1, 0.15) is 11.6 Å². The molecule has 2 rings (SSSR count). The van der Waals surface area contributed by atoms with Crippen LogP contribution in [0.4, 0.5) is 4.79 Å². The van der Waals surface area contributed by atoms with E-state index in [0.717, 1.165) is 10.5 Å². The summed E-state index contributed by atoms with van der Waals surface area (Å²) in [6.45, 7) is 5.29. The molecule has 5 nitrogen and oxygen atoms in total. The first-order chi connectivity index (χ1) is 9.35. The van der Waals surface area contributed by atoms with Crippen molar-refractivity contribution in [2.24, 2.45) is 0 Å². The van der Waals surface area contributed by atoms with Crippen molar-refractivity contribution in [3.63, 3.8) is 0 Å². The molecular weight excluding hydrogens is 258 g/mol. The molecule has 1 aromatic rings. The van der Waals surface area contributed by atoms with Gasteiger partial charge in [-0.25, -0.2) is 9.69 Å². The lowest BCUT2D eigenvalue weighted by atomic mass is 9.91. The predicted molar refractivity (Wildman–Crippen MR) is 73.1 cm³/mol. The topological polar surface area (TPSA) is 55.8 Å². The fourth-order valence-corrected chi connectivity index (χ4v) is 2.18. The number of hydrogen-bond donors (Lipinski definition) is 0. The van der Waals surface area contributed by atoms with Gasteiger partial charge in [-0.2, -0.15) is 0 Å². The van der Waals surface area contributed by atoms with E-state index in [-0.39, 0.29) is 5.91 Å². The molecule has 1 saturated heterocycles. The van der Waals surface area contributed by atoms with Crippen molar-refractivity contribution in [2.75, 3.05) is 7.11 Å². The Morgan fingerprint density at radius 3 is 2.30 bits per heavy atom. The van der Waals surface area contributed by atoms with Gasteiger partial charge in [-0.05, 0) is 26.3 Å². The van der Waals surface area contributed by atoms with Gasteiger partial charge in [-0.15, -0.1) is 0 Å². The molecule has 0 N–H and O–H groups in total. The third-order valence-electron chi connectivity index (χ3n) is 3.03. The van der Waals surface area contributed by atoms with Gasteiger partial charge in [0.05, 0.1) is 0 Å². The van der Waals surface area contributed by atoms with E-state index >= 15 is 0 Å². The SMILES string of the molecule is CO[C@H]1C(=O)N(C(=O)OC(C)(C)C)[C@H]1c1ccccc1. The number of amides is 2. The standard InChI is InChI=1S/C15H19NO4/c1-15(2,3)20-14(18)16-11(12(19-4)13(16)17)10-8-6-5-7-9-10/h5-9,11-12H,1-4H3/t11-,12+/m0/s1. The van der Waals surface area contributed by atoms with Crippen LogP contribution in [0.5, 0.6) is 0 Å². The van der Waals surface area contributed by atoms with Gasteiger partial charge in [-0.1, -0.05) is 30.3 Å². The second-order valence-corrected chi connectivity index (χ2v) is 5.70. The average molecular weight is 277 g/mol. The highest BCUT2D eigenvalue weighted by Gasteiger charge is 2.53. The number of rotatable bonds is 2. The Kier molecular flexibility index (Phi) is 3.81. The predicted octanol–water partition coefficient (Wildman–Crippen LogP) is 2.52. The van der Waals surface area contributed by atoms with E-state index < -0.39 is 23.8 Å². The molecular formula is C15H19NO4. The minimum Gasteiger partial charge on any atom is -0.443 e. The van der Waals surface area contributed by atoms with E-state index in [0.29, 0.717) is 0 Å². The third-order valence-corrected chi connectivity index (χ3v) is 3.03. The molecule has 1 aliphatic heterocycles. The van der Waals surface area contributed by atoms with Crippen LogP contribution in [-0.2, 0) is 14.3 Å². The normalized spacial score (nSPS) is 22.4. The number of hydrogen-bond acceptors (Lipinski definition) is 4. The van der Waals surface area contributed by atoms with E-state index in [4.69, 9.17) is 9.47 Å². The first-order valence-corrected chi connectivity index (χ1v) is 6.49. The van der Waals surface area contributed by atoms with Crippen molar-refractivity contribution in [3.05, 3.63) is 35.9 Å². The number of benzene rings is 1. The number of nitrogens with zero attached hydrogens (tertiary/aromatic N) is 1. The van der Waals surface area contributed by atoms with Crippen LogP contribution in [0.25, 0.3) is 0 Å². The average Bonchev–Trinajstić information content (AvgIpc) is 2.35. The summed E-state index contributed by atoms with van der Waals surface area (Å²) in [6, 6.07) is 8.89. The molecule has 1 fully saturated rings. The second-order valence-electron chi connectivity index (χ2n) is 5.70. The Bertz CT molecular complexity index is 506. The lowest BCUT2D eigenvalue weighted by Crippen LogP contribution is -2.62. The first kappa shape index (κ1) is 14.5. The van der Waals surface area contributed by atoms with E-state index in [1.165, 1.54) is 7.11 Å². The van der Waals surface area contributed by atoms with Crippen molar-refractivity contribution < 1.29 is 19.1 Å². The number of β-lactam (4-membered cyclic amide) rings is 1.